The maximum atomic E-state index is 12.5. The van der Waals surface area contributed by atoms with Crippen LogP contribution >= 0.6 is 0 Å². The third-order valence-corrected chi connectivity index (χ3v) is 3.64. The Morgan fingerprint density at radius 1 is 0.952 bits per heavy atom. The molecule has 0 fully saturated rings. The summed E-state index contributed by atoms with van der Waals surface area (Å²) in [7, 11) is 0. The Morgan fingerprint density at radius 3 is 2.33 bits per heavy atom. The fourth-order valence-corrected chi connectivity index (χ4v) is 2.50. The van der Waals surface area contributed by atoms with E-state index in [1.807, 2.05) is 54.6 Å². The van der Waals surface area contributed by atoms with E-state index in [4.69, 9.17) is 0 Å². The van der Waals surface area contributed by atoms with Gasteiger partial charge in [-0.1, -0.05) is 61.9 Å². The van der Waals surface area contributed by atoms with E-state index in [0.717, 1.165) is 34.9 Å². The van der Waals surface area contributed by atoms with Gasteiger partial charge in [0, 0.05) is 17.5 Å². The van der Waals surface area contributed by atoms with Gasteiger partial charge in [0.15, 0.2) is 0 Å². The molecular formula is C18H18N2O. The minimum atomic E-state index is -0.00117. The highest BCUT2D eigenvalue weighted by atomic mass is 16.1. The fraction of sp³-hybridized carbons (Fsp3) is 0.222. The predicted molar refractivity (Wildman–Crippen MR) is 86.3 cm³/mol. The Balaban J connectivity index is 2.27. The molecule has 0 amide bonds. The average molecular weight is 278 g/mol. The highest BCUT2D eigenvalue weighted by Crippen LogP contribution is 2.24. The Hall–Kier alpha value is -2.42. The normalized spacial score (nSPS) is 10.9. The molecule has 0 bridgehead atoms. The molecule has 0 saturated heterocycles. The highest BCUT2D eigenvalue weighted by molar-refractivity contribution is 5.93. The van der Waals surface area contributed by atoms with Crippen molar-refractivity contribution >= 4 is 10.8 Å². The van der Waals surface area contributed by atoms with Crippen LogP contribution in [-0.4, -0.2) is 9.78 Å². The van der Waals surface area contributed by atoms with Crippen molar-refractivity contribution in [2.45, 2.75) is 26.3 Å². The van der Waals surface area contributed by atoms with Crippen molar-refractivity contribution in [3.63, 3.8) is 0 Å². The Bertz CT molecular complexity index is 806. The van der Waals surface area contributed by atoms with Crippen molar-refractivity contribution in [3.05, 3.63) is 65.0 Å². The van der Waals surface area contributed by atoms with Crippen molar-refractivity contribution in [1.29, 1.82) is 0 Å². The van der Waals surface area contributed by atoms with E-state index in [1.165, 1.54) is 0 Å². The minimum absolute atomic E-state index is 0.00117. The van der Waals surface area contributed by atoms with Gasteiger partial charge in [0.2, 0.25) is 0 Å². The molecule has 21 heavy (non-hydrogen) atoms. The number of benzene rings is 2. The van der Waals surface area contributed by atoms with Gasteiger partial charge < -0.3 is 0 Å². The van der Waals surface area contributed by atoms with E-state index in [-0.39, 0.29) is 5.56 Å². The summed E-state index contributed by atoms with van der Waals surface area (Å²) in [6.45, 7) is 2.78. The second kappa shape index (κ2) is 5.92. The molecule has 0 atom stereocenters. The van der Waals surface area contributed by atoms with Gasteiger partial charge in [-0.15, -0.1) is 0 Å². The van der Waals surface area contributed by atoms with Crippen molar-refractivity contribution < 1.29 is 0 Å². The van der Waals surface area contributed by atoms with Crippen LogP contribution in [0.3, 0.4) is 0 Å². The predicted octanol–water partition coefficient (Wildman–Crippen LogP) is 3.86. The molecule has 3 nitrogen and oxygen atoms in total. The molecule has 0 unspecified atom stereocenters. The van der Waals surface area contributed by atoms with Gasteiger partial charge in [0.25, 0.3) is 5.56 Å². The van der Waals surface area contributed by atoms with Crippen LogP contribution in [0.4, 0.5) is 0 Å². The summed E-state index contributed by atoms with van der Waals surface area (Å²) >= 11 is 0. The lowest BCUT2D eigenvalue weighted by molar-refractivity contribution is 0.550. The molecule has 0 spiro atoms. The standard InChI is InChI=1S/C18H18N2O/c1-2-3-13-20-18(21)16-12-8-7-11-15(16)17(19-20)14-9-5-4-6-10-14/h4-12H,2-3,13H2,1H3. The Morgan fingerprint density at radius 2 is 1.62 bits per heavy atom. The molecule has 3 heteroatoms. The molecule has 1 aromatic heterocycles. The molecule has 0 N–H and O–H groups in total. The maximum Gasteiger partial charge on any atom is 0.274 e. The number of aromatic nitrogens is 2. The molecule has 0 radical (unpaired) electrons. The number of fused-ring (bicyclic) bond motifs is 1. The molecule has 2 aromatic carbocycles. The van der Waals surface area contributed by atoms with Crippen LogP contribution in [0.1, 0.15) is 19.8 Å². The zero-order valence-corrected chi connectivity index (χ0v) is 12.1. The molecular weight excluding hydrogens is 260 g/mol. The topological polar surface area (TPSA) is 34.9 Å². The average Bonchev–Trinajstić information content (AvgIpc) is 2.55. The third kappa shape index (κ3) is 2.59. The number of hydrogen-bond donors (Lipinski definition) is 0. The van der Waals surface area contributed by atoms with Crippen molar-refractivity contribution in [2.24, 2.45) is 0 Å². The first-order chi connectivity index (χ1) is 10.3. The van der Waals surface area contributed by atoms with E-state index in [0.29, 0.717) is 6.54 Å². The summed E-state index contributed by atoms with van der Waals surface area (Å²) in [5, 5.41) is 6.27. The lowest BCUT2D eigenvalue weighted by Gasteiger charge is -2.10. The molecule has 0 aliphatic carbocycles. The van der Waals surface area contributed by atoms with Crippen LogP contribution < -0.4 is 5.56 Å². The maximum absolute atomic E-state index is 12.5. The van der Waals surface area contributed by atoms with Crippen LogP contribution in [0.2, 0.25) is 0 Å². The molecule has 0 saturated carbocycles. The van der Waals surface area contributed by atoms with Gasteiger partial charge >= 0.3 is 0 Å². The SMILES string of the molecule is CCCCn1nc(-c2ccccc2)c2ccccc2c1=O. The summed E-state index contributed by atoms with van der Waals surface area (Å²) in [5.41, 5.74) is 1.92. The molecule has 106 valence electrons. The number of nitrogens with zero attached hydrogens (tertiary/aromatic N) is 2. The fourth-order valence-electron chi connectivity index (χ4n) is 2.50. The van der Waals surface area contributed by atoms with Crippen LogP contribution in [0, 0.1) is 0 Å². The van der Waals surface area contributed by atoms with Gasteiger partial charge in [-0.25, -0.2) is 4.68 Å². The first-order valence-corrected chi connectivity index (χ1v) is 7.36. The zero-order valence-electron chi connectivity index (χ0n) is 12.1. The second-order valence-electron chi connectivity index (χ2n) is 5.14. The zero-order chi connectivity index (χ0) is 14.7. The summed E-state index contributed by atoms with van der Waals surface area (Å²) in [6, 6.07) is 17.7. The van der Waals surface area contributed by atoms with Crippen molar-refractivity contribution in [3.8, 4) is 11.3 Å². The van der Waals surface area contributed by atoms with E-state index in [2.05, 4.69) is 12.0 Å². The van der Waals surface area contributed by atoms with E-state index in [9.17, 15) is 4.79 Å². The minimum Gasteiger partial charge on any atom is -0.267 e. The van der Waals surface area contributed by atoms with Crippen LogP contribution in [0.25, 0.3) is 22.0 Å². The van der Waals surface area contributed by atoms with E-state index in [1.54, 1.807) is 4.68 Å². The number of aryl methyl sites for hydroxylation is 1. The molecule has 3 rings (SSSR count). The Labute approximate surface area is 123 Å². The lowest BCUT2D eigenvalue weighted by Crippen LogP contribution is -2.23. The summed E-state index contributed by atoms with van der Waals surface area (Å²) in [6.07, 6.45) is 2.00. The number of hydrogen-bond acceptors (Lipinski definition) is 2. The molecule has 0 aliphatic heterocycles. The van der Waals surface area contributed by atoms with Crippen LogP contribution in [0.15, 0.2) is 59.4 Å². The highest BCUT2D eigenvalue weighted by Gasteiger charge is 2.11. The monoisotopic (exact) mass is 278 g/mol. The van der Waals surface area contributed by atoms with Gasteiger partial charge in [-0.05, 0) is 12.5 Å². The largest absolute Gasteiger partial charge is 0.274 e. The Kier molecular flexibility index (Phi) is 3.82. The number of unbranched alkanes of at least 4 members (excludes halogenated alkanes) is 1. The van der Waals surface area contributed by atoms with Gasteiger partial charge in [0.1, 0.15) is 0 Å². The van der Waals surface area contributed by atoms with E-state index < -0.39 is 0 Å². The number of rotatable bonds is 4. The summed E-state index contributed by atoms with van der Waals surface area (Å²) in [4.78, 5) is 12.5. The lowest BCUT2D eigenvalue weighted by atomic mass is 10.1. The smallest absolute Gasteiger partial charge is 0.267 e. The van der Waals surface area contributed by atoms with Gasteiger partial charge in [0.05, 0.1) is 11.1 Å². The van der Waals surface area contributed by atoms with E-state index >= 15 is 0 Å². The third-order valence-electron chi connectivity index (χ3n) is 3.64. The second-order valence-corrected chi connectivity index (χ2v) is 5.14. The molecule has 1 heterocycles. The molecule has 0 aliphatic rings. The first-order valence-electron chi connectivity index (χ1n) is 7.36. The van der Waals surface area contributed by atoms with Crippen molar-refractivity contribution in [2.75, 3.05) is 0 Å². The summed E-state index contributed by atoms with van der Waals surface area (Å²) in [5.74, 6) is 0. The van der Waals surface area contributed by atoms with Crippen LogP contribution in [-0.2, 0) is 6.54 Å². The molecule has 3 aromatic rings. The van der Waals surface area contributed by atoms with Crippen LogP contribution in [0.5, 0.6) is 0 Å². The first kappa shape index (κ1) is 13.6. The quantitative estimate of drug-likeness (QED) is 0.726. The van der Waals surface area contributed by atoms with Crippen molar-refractivity contribution in [1.82, 2.24) is 9.78 Å². The van der Waals surface area contributed by atoms with Gasteiger partial charge in [-0.2, -0.15) is 5.10 Å². The summed E-state index contributed by atoms with van der Waals surface area (Å²) < 4.78 is 1.61. The van der Waals surface area contributed by atoms with Gasteiger partial charge in [-0.3, -0.25) is 4.79 Å².